The van der Waals surface area contributed by atoms with Crippen LogP contribution in [-0.4, -0.2) is 35.6 Å². The molecule has 0 saturated carbocycles. The van der Waals surface area contributed by atoms with Gasteiger partial charge in [0.25, 0.3) is 0 Å². The molecule has 0 aliphatic carbocycles. The molecule has 1 aliphatic heterocycles. The van der Waals surface area contributed by atoms with Crippen molar-refractivity contribution in [3.63, 3.8) is 0 Å². The molecule has 20 heavy (non-hydrogen) atoms. The zero-order valence-corrected chi connectivity index (χ0v) is 14.7. The average Bonchev–Trinajstić information content (AvgIpc) is 2.44. The fourth-order valence-corrected chi connectivity index (χ4v) is 3.34. The van der Waals surface area contributed by atoms with Crippen LogP contribution in [0.4, 0.5) is 0 Å². The van der Waals surface area contributed by atoms with Gasteiger partial charge in [-0.3, -0.25) is 4.90 Å². The average molecular weight is 283 g/mol. The largest absolute Gasteiger partial charge is 0.308 e. The lowest BCUT2D eigenvalue weighted by Crippen LogP contribution is -2.67. The second kappa shape index (κ2) is 8.38. The molecular weight excluding hydrogens is 244 g/mol. The highest BCUT2D eigenvalue weighted by Crippen LogP contribution is 2.28. The van der Waals surface area contributed by atoms with E-state index in [0.717, 1.165) is 6.54 Å². The Bertz CT molecular complexity index is 256. The molecule has 1 aliphatic rings. The lowest BCUT2D eigenvalue weighted by Gasteiger charge is -2.52. The summed E-state index contributed by atoms with van der Waals surface area (Å²) in [6.45, 7) is 15.4. The summed E-state index contributed by atoms with van der Waals surface area (Å²) in [4.78, 5) is 2.75. The Kier molecular flexibility index (Phi) is 7.53. The van der Waals surface area contributed by atoms with Gasteiger partial charge in [-0.05, 0) is 39.7 Å². The molecule has 0 spiro atoms. The van der Waals surface area contributed by atoms with Crippen molar-refractivity contribution in [3.8, 4) is 0 Å². The van der Waals surface area contributed by atoms with Crippen LogP contribution in [0.2, 0.25) is 0 Å². The molecule has 0 bridgehead atoms. The van der Waals surface area contributed by atoms with E-state index in [1.807, 2.05) is 0 Å². The second-order valence-electron chi connectivity index (χ2n) is 7.34. The molecule has 0 atom stereocenters. The van der Waals surface area contributed by atoms with Crippen LogP contribution in [0.25, 0.3) is 0 Å². The van der Waals surface area contributed by atoms with Crippen molar-refractivity contribution in [2.45, 2.75) is 97.1 Å². The first-order valence-corrected chi connectivity index (χ1v) is 9.00. The highest BCUT2D eigenvalue weighted by Gasteiger charge is 2.40. The van der Waals surface area contributed by atoms with Crippen molar-refractivity contribution in [2.75, 3.05) is 19.6 Å². The first kappa shape index (κ1) is 18.0. The maximum atomic E-state index is 3.83. The van der Waals surface area contributed by atoms with Crippen LogP contribution in [0.5, 0.6) is 0 Å². The summed E-state index contributed by atoms with van der Waals surface area (Å²) in [5.74, 6) is 0. The fraction of sp³-hybridized carbons (Fsp3) is 1.00. The number of hydrogen-bond acceptors (Lipinski definition) is 2. The van der Waals surface area contributed by atoms with Crippen molar-refractivity contribution in [2.24, 2.45) is 0 Å². The van der Waals surface area contributed by atoms with Crippen LogP contribution in [0, 0.1) is 0 Å². The van der Waals surface area contributed by atoms with Crippen molar-refractivity contribution in [3.05, 3.63) is 0 Å². The van der Waals surface area contributed by atoms with Gasteiger partial charge in [-0.2, -0.15) is 0 Å². The summed E-state index contributed by atoms with van der Waals surface area (Å²) in [5, 5.41) is 3.83. The van der Waals surface area contributed by atoms with Crippen LogP contribution in [-0.2, 0) is 0 Å². The summed E-state index contributed by atoms with van der Waals surface area (Å²) in [6.07, 6.45) is 10.9. The molecule has 1 fully saturated rings. The van der Waals surface area contributed by atoms with Crippen LogP contribution in [0.1, 0.15) is 86.0 Å². The van der Waals surface area contributed by atoms with E-state index in [0.29, 0.717) is 11.1 Å². The number of unbranched alkanes of at least 4 members (excludes halogenated alkanes) is 5. The number of piperazine rings is 1. The first-order chi connectivity index (χ1) is 9.49. The summed E-state index contributed by atoms with van der Waals surface area (Å²) in [7, 11) is 0. The van der Waals surface area contributed by atoms with Gasteiger partial charge in [-0.15, -0.1) is 0 Å². The zero-order valence-electron chi connectivity index (χ0n) is 14.7. The predicted octanol–water partition coefficient (Wildman–Crippen LogP) is 4.59. The van der Waals surface area contributed by atoms with Crippen LogP contribution >= 0.6 is 0 Å². The van der Waals surface area contributed by atoms with E-state index < -0.39 is 0 Å². The van der Waals surface area contributed by atoms with E-state index in [4.69, 9.17) is 0 Å². The van der Waals surface area contributed by atoms with E-state index in [-0.39, 0.29) is 0 Å². The summed E-state index contributed by atoms with van der Waals surface area (Å²) in [5.41, 5.74) is 0.676. The van der Waals surface area contributed by atoms with Gasteiger partial charge in [0, 0.05) is 24.2 Å². The third kappa shape index (κ3) is 5.04. The molecule has 120 valence electrons. The minimum absolute atomic E-state index is 0.317. The molecule has 1 N–H and O–H groups in total. The molecule has 1 heterocycles. The zero-order chi connectivity index (χ0) is 15.1. The molecule has 1 rings (SSSR count). The normalized spacial score (nSPS) is 22.1. The Morgan fingerprint density at radius 2 is 1.50 bits per heavy atom. The number of rotatable bonds is 9. The van der Waals surface area contributed by atoms with Crippen molar-refractivity contribution in [1.82, 2.24) is 10.2 Å². The Morgan fingerprint density at radius 1 is 0.900 bits per heavy atom. The molecule has 0 aromatic carbocycles. The highest BCUT2D eigenvalue weighted by atomic mass is 15.3. The lowest BCUT2D eigenvalue weighted by atomic mass is 9.85. The van der Waals surface area contributed by atoms with Crippen molar-refractivity contribution < 1.29 is 0 Å². The van der Waals surface area contributed by atoms with Gasteiger partial charge in [0.2, 0.25) is 0 Å². The number of nitrogens with one attached hydrogen (secondary N) is 1. The quantitative estimate of drug-likeness (QED) is 0.622. The Labute approximate surface area is 127 Å². The van der Waals surface area contributed by atoms with Gasteiger partial charge in [0.05, 0.1) is 0 Å². The van der Waals surface area contributed by atoms with Gasteiger partial charge in [-0.1, -0.05) is 52.9 Å². The van der Waals surface area contributed by atoms with Gasteiger partial charge < -0.3 is 5.32 Å². The van der Waals surface area contributed by atoms with E-state index in [9.17, 15) is 0 Å². The molecule has 0 aromatic rings. The topological polar surface area (TPSA) is 15.3 Å². The SMILES string of the molecule is CCCCCCCCN1CC(CC)(CC)NCC1(C)C. The molecule has 0 amide bonds. The Hall–Kier alpha value is -0.0800. The van der Waals surface area contributed by atoms with Gasteiger partial charge in [-0.25, -0.2) is 0 Å². The Balaban J connectivity index is 2.39. The molecule has 1 saturated heterocycles. The fourth-order valence-electron chi connectivity index (χ4n) is 3.34. The lowest BCUT2D eigenvalue weighted by molar-refractivity contribution is 0.0214. The molecular formula is C18H38N2. The monoisotopic (exact) mass is 282 g/mol. The second-order valence-corrected chi connectivity index (χ2v) is 7.34. The third-order valence-electron chi connectivity index (χ3n) is 5.38. The summed E-state index contributed by atoms with van der Waals surface area (Å²) >= 11 is 0. The molecule has 2 heteroatoms. The highest BCUT2D eigenvalue weighted by molar-refractivity contribution is 5.00. The standard InChI is InChI=1S/C18H38N2/c1-6-9-10-11-12-13-14-20-16-18(7-2,8-3)19-15-17(20,4)5/h19H,6-16H2,1-5H3. The smallest absolute Gasteiger partial charge is 0.0304 e. The number of nitrogens with zero attached hydrogens (tertiary/aromatic N) is 1. The third-order valence-corrected chi connectivity index (χ3v) is 5.38. The molecule has 0 radical (unpaired) electrons. The summed E-state index contributed by atoms with van der Waals surface area (Å²) in [6, 6.07) is 0. The molecule has 0 unspecified atom stereocenters. The van der Waals surface area contributed by atoms with E-state index in [1.54, 1.807) is 0 Å². The van der Waals surface area contributed by atoms with E-state index in [1.165, 1.54) is 64.5 Å². The van der Waals surface area contributed by atoms with Crippen molar-refractivity contribution >= 4 is 0 Å². The van der Waals surface area contributed by atoms with Gasteiger partial charge >= 0.3 is 0 Å². The van der Waals surface area contributed by atoms with Crippen LogP contribution in [0.15, 0.2) is 0 Å². The summed E-state index contributed by atoms with van der Waals surface area (Å²) < 4.78 is 0. The Morgan fingerprint density at radius 3 is 2.10 bits per heavy atom. The number of hydrogen-bond donors (Lipinski definition) is 1. The molecule has 2 nitrogen and oxygen atoms in total. The van der Waals surface area contributed by atoms with Gasteiger partial charge in [0.15, 0.2) is 0 Å². The predicted molar refractivity (Wildman–Crippen MR) is 90.3 cm³/mol. The van der Waals surface area contributed by atoms with E-state index in [2.05, 4.69) is 44.8 Å². The minimum atomic E-state index is 0.317. The molecule has 0 aromatic heterocycles. The van der Waals surface area contributed by atoms with Crippen molar-refractivity contribution in [1.29, 1.82) is 0 Å². The first-order valence-electron chi connectivity index (χ1n) is 9.00. The van der Waals surface area contributed by atoms with E-state index >= 15 is 0 Å². The van der Waals surface area contributed by atoms with Gasteiger partial charge in [0.1, 0.15) is 0 Å². The maximum Gasteiger partial charge on any atom is 0.0304 e. The van der Waals surface area contributed by atoms with Crippen LogP contribution in [0.3, 0.4) is 0 Å². The van der Waals surface area contributed by atoms with Crippen LogP contribution < -0.4 is 5.32 Å². The maximum absolute atomic E-state index is 3.83. The minimum Gasteiger partial charge on any atom is -0.308 e.